The van der Waals surface area contributed by atoms with E-state index >= 15 is 0 Å². The van der Waals surface area contributed by atoms with Crippen LogP contribution in [-0.2, 0) is 16.0 Å². The number of carbonyl (C=O) groups is 1. The number of aromatic nitrogens is 1. The van der Waals surface area contributed by atoms with E-state index in [-0.39, 0.29) is 5.91 Å². The van der Waals surface area contributed by atoms with Gasteiger partial charge in [-0.2, -0.15) is 0 Å². The van der Waals surface area contributed by atoms with E-state index in [0.717, 1.165) is 10.7 Å². The molecule has 1 rings (SSSR count). The maximum Gasteiger partial charge on any atom is 0.248 e. The van der Waals surface area contributed by atoms with Gasteiger partial charge in [0.15, 0.2) is 0 Å². The molecule has 96 valence electrons. The van der Waals surface area contributed by atoms with E-state index in [2.05, 4.69) is 10.3 Å². The highest BCUT2D eigenvalue weighted by molar-refractivity contribution is 7.16. The van der Waals surface area contributed by atoms with Crippen LogP contribution in [0.2, 0.25) is 4.34 Å². The molecule has 1 N–H and O–H groups in total. The molecule has 0 aliphatic carbocycles. The van der Waals surface area contributed by atoms with Crippen LogP contribution in [0.25, 0.3) is 0 Å². The maximum atomic E-state index is 11.5. The van der Waals surface area contributed by atoms with Crippen LogP contribution in [0.5, 0.6) is 0 Å². The van der Waals surface area contributed by atoms with Crippen molar-refractivity contribution in [1.82, 2.24) is 10.3 Å². The van der Waals surface area contributed by atoms with E-state index in [9.17, 15) is 4.79 Å². The number of nitrogens with zero attached hydrogens (tertiary/aromatic N) is 1. The molecule has 1 atom stereocenters. The van der Waals surface area contributed by atoms with Crippen molar-refractivity contribution in [2.24, 2.45) is 0 Å². The number of carbonyl (C=O) groups excluding carboxylic acids is 1. The van der Waals surface area contributed by atoms with Crippen molar-refractivity contribution in [3.8, 4) is 0 Å². The van der Waals surface area contributed by atoms with Crippen molar-refractivity contribution in [2.45, 2.75) is 33.3 Å². The number of amides is 1. The quantitative estimate of drug-likeness (QED) is 0.866. The van der Waals surface area contributed by atoms with Gasteiger partial charge in [-0.05, 0) is 20.8 Å². The van der Waals surface area contributed by atoms with Gasteiger partial charge in [-0.15, -0.1) is 11.3 Å². The van der Waals surface area contributed by atoms with Crippen molar-refractivity contribution in [1.29, 1.82) is 0 Å². The van der Waals surface area contributed by atoms with Gasteiger partial charge >= 0.3 is 0 Å². The van der Waals surface area contributed by atoms with Crippen LogP contribution in [0, 0.1) is 6.92 Å². The van der Waals surface area contributed by atoms with E-state index < -0.39 is 6.10 Å². The van der Waals surface area contributed by atoms with Crippen molar-refractivity contribution >= 4 is 28.8 Å². The minimum absolute atomic E-state index is 0.0915. The summed E-state index contributed by atoms with van der Waals surface area (Å²) in [4.78, 5) is 15.8. The molecule has 0 saturated carbocycles. The first-order valence-corrected chi connectivity index (χ1v) is 6.75. The van der Waals surface area contributed by atoms with Crippen molar-refractivity contribution < 1.29 is 9.53 Å². The molecule has 0 aliphatic rings. The smallest absolute Gasteiger partial charge is 0.248 e. The molecule has 1 heterocycles. The highest BCUT2D eigenvalue weighted by Crippen LogP contribution is 2.23. The third kappa shape index (κ3) is 4.61. The van der Waals surface area contributed by atoms with Crippen LogP contribution >= 0.6 is 22.9 Å². The summed E-state index contributed by atoms with van der Waals surface area (Å²) in [6.07, 6.45) is 0.296. The second-order valence-corrected chi connectivity index (χ2v) is 5.29. The molecule has 1 amide bonds. The Morgan fingerprint density at radius 3 is 2.88 bits per heavy atom. The van der Waals surface area contributed by atoms with Crippen molar-refractivity contribution in [3.05, 3.63) is 15.0 Å². The molecule has 1 aromatic heterocycles. The van der Waals surface area contributed by atoms with Gasteiger partial charge < -0.3 is 10.1 Å². The minimum Gasteiger partial charge on any atom is -0.369 e. The highest BCUT2D eigenvalue weighted by Gasteiger charge is 2.12. The first-order valence-electron chi connectivity index (χ1n) is 5.55. The number of rotatable bonds is 6. The zero-order chi connectivity index (χ0) is 12.8. The SMILES string of the molecule is CCOC(C)C(=O)NCCc1nc(C)c(Cl)s1. The summed E-state index contributed by atoms with van der Waals surface area (Å²) in [5.41, 5.74) is 0.848. The monoisotopic (exact) mass is 276 g/mol. The minimum atomic E-state index is -0.401. The highest BCUT2D eigenvalue weighted by atomic mass is 35.5. The Balaban J connectivity index is 2.30. The molecular weight excluding hydrogens is 260 g/mol. The number of halogens is 1. The molecule has 0 saturated heterocycles. The summed E-state index contributed by atoms with van der Waals surface area (Å²) in [6, 6.07) is 0. The Bertz CT molecular complexity index is 362. The van der Waals surface area contributed by atoms with E-state index in [1.807, 2.05) is 13.8 Å². The van der Waals surface area contributed by atoms with Gasteiger partial charge in [-0.25, -0.2) is 4.98 Å². The number of aryl methyl sites for hydroxylation is 1. The lowest BCUT2D eigenvalue weighted by molar-refractivity contribution is -0.131. The summed E-state index contributed by atoms with van der Waals surface area (Å²) >= 11 is 7.37. The van der Waals surface area contributed by atoms with E-state index in [1.54, 1.807) is 6.92 Å². The Hall–Kier alpha value is -0.650. The van der Waals surface area contributed by atoms with Crippen LogP contribution in [0.15, 0.2) is 0 Å². The van der Waals surface area contributed by atoms with Gasteiger partial charge in [-0.1, -0.05) is 11.6 Å². The normalized spacial score (nSPS) is 12.5. The molecule has 0 aliphatic heterocycles. The summed E-state index contributed by atoms with van der Waals surface area (Å²) < 4.78 is 5.90. The molecule has 1 aromatic rings. The second-order valence-electron chi connectivity index (χ2n) is 3.61. The first-order chi connectivity index (χ1) is 8.04. The fourth-order valence-corrected chi connectivity index (χ4v) is 2.40. The standard InChI is InChI=1S/C11H17ClN2O2S/c1-4-16-8(3)11(15)13-6-5-9-14-7(2)10(12)17-9/h8H,4-6H2,1-3H3,(H,13,15). The van der Waals surface area contributed by atoms with Gasteiger partial charge in [0.2, 0.25) is 5.91 Å². The Morgan fingerprint density at radius 1 is 1.65 bits per heavy atom. The molecule has 4 nitrogen and oxygen atoms in total. The van der Waals surface area contributed by atoms with Crippen LogP contribution in [0.1, 0.15) is 24.5 Å². The summed E-state index contributed by atoms with van der Waals surface area (Å²) in [7, 11) is 0. The Labute approximate surface area is 110 Å². The molecule has 0 bridgehead atoms. The number of hydrogen-bond acceptors (Lipinski definition) is 4. The fourth-order valence-electron chi connectivity index (χ4n) is 1.30. The second kappa shape index (κ2) is 6.93. The third-order valence-corrected chi connectivity index (χ3v) is 3.72. The van der Waals surface area contributed by atoms with Crippen LogP contribution in [-0.4, -0.2) is 30.1 Å². The van der Waals surface area contributed by atoms with E-state index in [1.165, 1.54) is 11.3 Å². The number of ether oxygens (including phenoxy) is 1. The molecule has 1 unspecified atom stereocenters. The van der Waals surface area contributed by atoms with Crippen molar-refractivity contribution in [2.75, 3.05) is 13.2 Å². The molecule has 0 spiro atoms. The molecule has 0 fully saturated rings. The zero-order valence-corrected chi connectivity index (χ0v) is 11.8. The Kier molecular flexibility index (Phi) is 5.88. The fraction of sp³-hybridized carbons (Fsp3) is 0.636. The van der Waals surface area contributed by atoms with Gasteiger partial charge in [0.1, 0.15) is 10.4 Å². The van der Waals surface area contributed by atoms with Crippen LogP contribution < -0.4 is 5.32 Å². The molecule has 17 heavy (non-hydrogen) atoms. The van der Waals surface area contributed by atoms with Crippen LogP contribution in [0.4, 0.5) is 0 Å². The molecule has 0 aromatic carbocycles. The topological polar surface area (TPSA) is 51.2 Å². The average molecular weight is 277 g/mol. The number of thiazole rings is 1. The number of hydrogen-bond donors (Lipinski definition) is 1. The van der Waals surface area contributed by atoms with E-state index in [4.69, 9.17) is 16.3 Å². The molecular formula is C11H17ClN2O2S. The largest absolute Gasteiger partial charge is 0.369 e. The third-order valence-electron chi connectivity index (χ3n) is 2.21. The maximum absolute atomic E-state index is 11.5. The van der Waals surface area contributed by atoms with Gasteiger partial charge in [-0.3, -0.25) is 4.79 Å². The zero-order valence-electron chi connectivity index (χ0n) is 10.2. The summed E-state index contributed by atoms with van der Waals surface area (Å²) in [5, 5.41) is 3.75. The Morgan fingerprint density at radius 2 is 2.35 bits per heavy atom. The van der Waals surface area contributed by atoms with Gasteiger partial charge in [0.05, 0.1) is 10.7 Å². The molecule has 0 radical (unpaired) electrons. The predicted octanol–water partition coefficient (Wildman–Crippen LogP) is 2.19. The van der Waals surface area contributed by atoms with Gasteiger partial charge in [0.25, 0.3) is 0 Å². The van der Waals surface area contributed by atoms with Crippen LogP contribution in [0.3, 0.4) is 0 Å². The first kappa shape index (κ1) is 14.4. The lowest BCUT2D eigenvalue weighted by Crippen LogP contribution is -2.35. The predicted molar refractivity (Wildman–Crippen MR) is 69.7 cm³/mol. The lowest BCUT2D eigenvalue weighted by atomic mass is 10.3. The summed E-state index contributed by atoms with van der Waals surface area (Å²) in [6.45, 7) is 6.57. The van der Waals surface area contributed by atoms with E-state index in [0.29, 0.717) is 23.9 Å². The molecule has 6 heteroatoms. The lowest BCUT2D eigenvalue weighted by Gasteiger charge is -2.11. The summed E-state index contributed by atoms with van der Waals surface area (Å²) in [5.74, 6) is -0.0915. The van der Waals surface area contributed by atoms with Gasteiger partial charge in [0, 0.05) is 19.6 Å². The number of nitrogens with one attached hydrogen (secondary N) is 1. The van der Waals surface area contributed by atoms with Crippen molar-refractivity contribution in [3.63, 3.8) is 0 Å². The average Bonchev–Trinajstić information content (AvgIpc) is 2.58.